The number of nitrogens with two attached hydrogens (primary N) is 1. The highest BCUT2D eigenvalue weighted by Crippen LogP contribution is 2.27. The van der Waals surface area contributed by atoms with Crippen LogP contribution < -0.4 is 5.73 Å². The van der Waals surface area contributed by atoms with Crippen LogP contribution in [0.2, 0.25) is 0 Å². The number of halogens is 4. The lowest BCUT2D eigenvalue weighted by atomic mass is 10.1. The number of rotatable bonds is 4. The zero-order valence-corrected chi connectivity index (χ0v) is 11.1. The van der Waals surface area contributed by atoms with Crippen molar-refractivity contribution in [3.05, 3.63) is 65.2 Å². The largest absolute Gasteiger partial charge is 0.323 e. The molecule has 1 nitrogen and oxygen atoms in total. The van der Waals surface area contributed by atoms with Gasteiger partial charge in [-0.1, -0.05) is 0 Å². The zero-order chi connectivity index (χ0) is 14.7. The van der Waals surface area contributed by atoms with E-state index in [2.05, 4.69) is 0 Å². The molecule has 2 N–H and O–H groups in total. The first-order valence-corrected chi connectivity index (χ1v) is 6.74. The van der Waals surface area contributed by atoms with Crippen molar-refractivity contribution in [3.8, 4) is 0 Å². The van der Waals surface area contributed by atoms with Gasteiger partial charge in [0.05, 0.1) is 0 Å². The molecule has 6 heteroatoms. The summed E-state index contributed by atoms with van der Waals surface area (Å²) in [5.41, 5.74) is 5.77. The second-order valence-corrected chi connectivity index (χ2v) is 5.22. The first-order valence-electron chi connectivity index (χ1n) is 5.76. The topological polar surface area (TPSA) is 26.0 Å². The molecular weight excluding hydrogens is 290 g/mol. The fourth-order valence-corrected chi connectivity index (χ4v) is 2.60. The van der Waals surface area contributed by atoms with E-state index in [1.165, 1.54) is 0 Å². The fraction of sp³-hybridized carbons (Fsp3) is 0.143. The Hall–Kier alpha value is -1.53. The van der Waals surface area contributed by atoms with Gasteiger partial charge in [-0.3, -0.25) is 0 Å². The molecule has 0 aliphatic carbocycles. The van der Waals surface area contributed by atoms with Gasteiger partial charge in [0.2, 0.25) is 0 Å². The van der Waals surface area contributed by atoms with E-state index in [1.54, 1.807) is 0 Å². The molecule has 0 saturated carbocycles. The van der Waals surface area contributed by atoms with Crippen LogP contribution in [0.3, 0.4) is 0 Å². The molecule has 0 amide bonds. The third-order valence-electron chi connectivity index (χ3n) is 2.67. The van der Waals surface area contributed by atoms with E-state index in [0.717, 1.165) is 48.2 Å². The van der Waals surface area contributed by atoms with Crippen molar-refractivity contribution in [2.75, 3.05) is 5.75 Å². The number of hydrogen-bond donors (Lipinski definition) is 1. The maximum atomic E-state index is 13.5. The molecule has 0 heterocycles. The predicted molar refractivity (Wildman–Crippen MR) is 70.4 cm³/mol. The lowest BCUT2D eigenvalue weighted by molar-refractivity contribution is 0.571. The molecule has 1 atom stereocenters. The van der Waals surface area contributed by atoms with Crippen LogP contribution in [0.1, 0.15) is 11.6 Å². The lowest BCUT2D eigenvalue weighted by Gasteiger charge is -2.13. The molecule has 20 heavy (non-hydrogen) atoms. The monoisotopic (exact) mass is 301 g/mol. The third kappa shape index (κ3) is 3.52. The Morgan fingerprint density at radius 3 is 2.20 bits per heavy atom. The molecule has 0 saturated heterocycles. The van der Waals surface area contributed by atoms with Gasteiger partial charge in [0.25, 0.3) is 0 Å². The molecule has 2 rings (SSSR count). The van der Waals surface area contributed by atoms with Gasteiger partial charge in [-0.05, 0) is 36.4 Å². The van der Waals surface area contributed by atoms with Crippen LogP contribution in [0.4, 0.5) is 17.6 Å². The average molecular weight is 301 g/mol. The number of hydrogen-bond acceptors (Lipinski definition) is 2. The van der Waals surface area contributed by atoms with E-state index in [4.69, 9.17) is 5.73 Å². The van der Waals surface area contributed by atoms with Gasteiger partial charge in [0.1, 0.15) is 23.3 Å². The summed E-state index contributed by atoms with van der Waals surface area (Å²) in [6.07, 6.45) is 0. The number of thioether (sulfide) groups is 1. The molecular formula is C14H11F4NS. The van der Waals surface area contributed by atoms with Crippen LogP contribution in [0, 0.1) is 23.3 Å². The van der Waals surface area contributed by atoms with Gasteiger partial charge in [-0.15, -0.1) is 11.8 Å². The minimum Gasteiger partial charge on any atom is -0.323 e. The maximum Gasteiger partial charge on any atom is 0.136 e. The van der Waals surface area contributed by atoms with Crippen molar-refractivity contribution in [2.45, 2.75) is 10.9 Å². The minimum absolute atomic E-state index is 0.00862. The summed E-state index contributed by atoms with van der Waals surface area (Å²) in [5.74, 6) is -2.28. The normalized spacial score (nSPS) is 12.4. The van der Waals surface area contributed by atoms with Gasteiger partial charge in [0.15, 0.2) is 0 Å². The first kappa shape index (κ1) is 14.9. The highest BCUT2D eigenvalue weighted by atomic mass is 32.2. The molecule has 0 aliphatic rings. The van der Waals surface area contributed by atoms with Crippen LogP contribution in [0.15, 0.2) is 41.3 Å². The van der Waals surface area contributed by atoms with E-state index in [-0.39, 0.29) is 16.2 Å². The predicted octanol–water partition coefficient (Wildman–Crippen LogP) is 4.04. The Balaban J connectivity index is 2.10. The van der Waals surface area contributed by atoms with E-state index in [1.807, 2.05) is 0 Å². The van der Waals surface area contributed by atoms with Crippen LogP contribution in [-0.4, -0.2) is 5.75 Å². The van der Waals surface area contributed by atoms with E-state index in [9.17, 15) is 17.6 Å². The van der Waals surface area contributed by atoms with Gasteiger partial charge in [-0.25, -0.2) is 17.6 Å². The molecule has 1 unspecified atom stereocenters. The lowest BCUT2D eigenvalue weighted by Crippen LogP contribution is -2.15. The van der Waals surface area contributed by atoms with Crippen LogP contribution in [0.25, 0.3) is 0 Å². The Bertz CT molecular complexity index is 618. The summed E-state index contributed by atoms with van der Waals surface area (Å²) in [7, 11) is 0. The molecule has 0 fully saturated rings. The average Bonchev–Trinajstić information content (AvgIpc) is 2.42. The van der Waals surface area contributed by atoms with Crippen molar-refractivity contribution in [1.82, 2.24) is 0 Å². The SMILES string of the molecule is NC(CSc1cc(F)ccc1F)c1cc(F)ccc1F. The van der Waals surface area contributed by atoms with E-state index >= 15 is 0 Å². The first-order chi connectivity index (χ1) is 9.47. The Labute approximate surface area is 117 Å². The third-order valence-corrected chi connectivity index (χ3v) is 3.82. The minimum atomic E-state index is -0.821. The van der Waals surface area contributed by atoms with Gasteiger partial charge in [0, 0.05) is 22.3 Å². The summed E-state index contributed by atoms with van der Waals surface area (Å²) in [5, 5.41) is 0. The van der Waals surface area contributed by atoms with Gasteiger partial charge in [-0.2, -0.15) is 0 Å². The highest BCUT2D eigenvalue weighted by Gasteiger charge is 2.14. The summed E-state index contributed by atoms with van der Waals surface area (Å²) < 4.78 is 52.9. The second kappa shape index (κ2) is 6.28. The molecule has 0 bridgehead atoms. The molecule has 0 aliphatic heterocycles. The van der Waals surface area contributed by atoms with Crippen LogP contribution in [0.5, 0.6) is 0 Å². The van der Waals surface area contributed by atoms with Crippen LogP contribution in [-0.2, 0) is 0 Å². The van der Waals surface area contributed by atoms with Crippen molar-refractivity contribution in [3.63, 3.8) is 0 Å². The van der Waals surface area contributed by atoms with Gasteiger partial charge >= 0.3 is 0 Å². The summed E-state index contributed by atoms with van der Waals surface area (Å²) >= 11 is 0.950. The van der Waals surface area contributed by atoms with Crippen molar-refractivity contribution in [1.29, 1.82) is 0 Å². The molecule has 2 aromatic carbocycles. The fourth-order valence-electron chi connectivity index (χ4n) is 1.66. The Morgan fingerprint density at radius 1 is 0.900 bits per heavy atom. The van der Waals surface area contributed by atoms with Crippen molar-refractivity contribution >= 4 is 11.8 Å². The Kier molecular flexibility index (Phi) is 4.67. The molecule has 0 aromatic heterocycles. The molecule has 2 aromatic rings. The molecule has 0 radical (unpaired) electrons. The quantitative estimate of drug-likeness (QED) is 0.681. The summed E-state index contributed by atoms with van der Waals surface area (Å²) in [6.45, 7) is 0. The van der Waals surface area contributed by atoms with E-state index < -0.39 is 29.3 Å². The second-order valence-electron chi connectivity index (χ2n) is 4.16. The van der Waals surface area contributed by atoms with Gasteiger partial charge < -0.3 is 5.73 Å². The highest BCUT2D eigenvalue weighted by molar-refractivity contribution is 7.99. The van der Waals surface area contributed by atoms with Crippen molar-refractivity contribution in [2.24, 2.45) is 5.73 Å². The standard InChI is InChI=1S/C14H11F4NS/c15-8-1-3-11(17)10(5-8)13(19)7-20-14-6-9(16)2-4-12(14)18/h1-6,13H,7,19H2. The number of benzene rings is 2. The van der Waals surface area contributed by atoms with Crippen LogP contribution >= 0.6 is 11.8 Å². The molecule has 0 spiro atoms. The molecule has 106 valence electrons. The Morgan fingerprint density at radius 2 is 1.50 bits per heavy atom. The smallest absolute Gasteiger partial charge is 0.136 e. The summed E-state index contributed by atoms with van der Waals surface area (Å²) in [4.78, 5) is 0.0808. The summed E-state index contributed by atoms with van der Waals surface area (Å²) in [6, 6.07) is 5.20. The van der Waals surface area contributed by atoms with Crippen molar-refractivity contribution < 1.29 is 17.6 Å². The maximum absolute atomic E-state index is 13.5. The zero-order valence-electron chi connectivity index (χ0n) is 10.2. The van der Waals surface area contributed by atoms with E-state index in [0.29, 0.717) is 0 Å².